The van der Waals surface area contributed by atoms with Gasteiger partial charge in [-0.15, -0.1) is 0 Å². The zero-order chi connectivity index (χ0) is 25.2. The summed E-state index contributed by atoms with van der Waals surface area (Å²) in [5.41, 5.74) is 1.76. The van der Waals surface area contributed by atoms with Crippen LogP contribution in [0.4, 0.5) is 4.39 Å². The van der Waals surface area contributed by atoms with E-state index >= 15 is 0 Å². The summed E-state index contributed by atoms with van der Waals surface area (Å²) in [6.45, 7) is 3.01. The van der Waals surface area contributed by atoms with Gasteiger partial charge < -0.3 is 14.2 Å². The number of hydrogen-bond acceptors (Lipinski definition) is 5. The van der Waals surface area contributed by atoms with E-state index in [-0.39, 0.29) is 42.3 Å². The van der Waals surface area contributed by atoms with Crippen LogP contribution in [0.5, 0.6) is 0 Å². The molecule has 4 aromatic rings. The Morgan fingerprint density at radius 2 is 1.89 bits per heavy atom. The third-order valence-electron chi connectivity index (χ3n) is 6.71. The Morgan fingerprint density at radius 1 is 1.11 bits per heavy atom. The highest BCUT2D eigenvalue weighted by Crippen LogP contribution is 2.27. The van der Waals surface area contributed by atoms with Crippen molar-refractivity contribution < 1.29 is 18.7 Å². The Bertz CT molecular complexity index is 1490. The molecule has 8 nitrogen and oxygen atoms in total. The number of fused-ring (bicyclic) bond motifs is 3. The van der Waals surface area contributed by atoms with Gasteiger partial charge in [-0.1, -0.05) is 30.3 Å². The second kappa shape index (κ2) is 9.93. The summed E-state index contributed by atoms with van der Waals surface area (Å²) < 4.78 is 21.6. The van der Waals surface area contributed by atoms with Gasteiger partial charge in [-0.05, 0) is 43.5 Å². The van der Waals surface area contributed by atoms with Crippen LogP contribution < -0.4 is 5.56 Å². The van der Waals surface area contributed by atoms with Gasteiger partial charge in [0, 0.05) is 35.9 Å². The first-order valence-electron chi connectivity index (χ1n) is 12.1. The largest absolute Gasteiger partial charge is 0.466 e. The van der Waals surface area contributed by atoms with Gasteiger partial charge in [-0.2, -0.15) is 5.10 Å². The molecule has 0 saturated carbocycles. The molecule has 0 N–H and O–H groups in total. The maximum atomic E-state index is 13.6. The van der Waals surface area contributed by atoms with E-state index in [4.69, 9.17) is 4.74 Å². The molecule has 1 atom stereocenters. The average molecular weight is 491 g/mol. The fraction of sp³-hybridized carbons (Fsp3) is 0.333. The van der Waals surface area contributed by atoms with E-state index in [1.807, 2.05) is 28.8 Å². The zero-order valence-electron chi connectivity index (χ0n) is 20.0. The van der Waals surface area contributed by atoms with Crippen LogP contribution in [0.15, 0.2) is 59.5 Å². The van der Waals surface area contributed by atoms with Gasteiger partial charge in [-0.25, -0.2) is 9.07 Å². The normalized spacial score (nSPS) is 15.9. The molecule has 1 aliphatic rings. The molecule has 2 aromatic heterocycles. The number of amides is 1. The summed E-state index contributed by atoms with van der Waals surface area (Å²) in [7, 11) is 0. The summed E-state index contributed by atoms with van der Waals surface area (Å²) in [4.78, 5) is 40.5. The van der Waals surface area contributed by atoms with Crippen LogP contribution in [0.3, 0.4) is 0 Å². The molecule has 1 saturated heterocycles. The number of carbonyl (C=O) groups excluding carboxylic acids is 2. The van der Waals surface area contributed by atoms with Gasteiger partial charge in [0.15, 0.2) is 0 Å². The molecule has 0 radical (unpaired) electrons. The molecular weight excluding hydrogens is 463 g/mol. The number of hydrogen-bond donors (Lipinski definition) is 0. The van der Waals surface area contributed by atoms with Gasteiger partial charge >= 0.3 is 5.97 Å². The minimum atomic E-state index is -0.377. The first-order chi connectivity index (χ1) is 17.5. The highest BCUT2D eigenvalue weighted by atomic mass is 19.1. The molecule has 9 heteroatoms. The molecule has 1 aliphatic heterocycles. The SMILES string of the molecule is CCOC(=O)[C@H]1CCCN(C(=O)Cn2ncc3c4ccccc4n(Cc4ccc(F)cc4)c3c2=O)C1. The van der Waals surface area contributed by atoms with E-state index in [0.717, 1.165) is 16.5 Å². The Hall–Kier alpha value is -4.01. The molecule has 2 aromatic carbocycles. The van der Waals surface area contributed by atoms with Crippen molar-refractivity contribution in [2.24, 2.45) is 5.92 Å². The summed E-state index contributed by atoms with van der Waals surface area (Å²) in [6.07, 6.45) is 2.99. The minimum Gasteiger partial charge on any atom is -0.466 e. The van der Waals surface area contributed by atoms with Crippen molar-refractivity contribution in [3.8, 4) is 0 Å². The van der Waals surface area contributed by atoms with Gasteiger partial charge in [-0.3, -0.25) is 14.4 Å². The monoisotopic (exact) mass is 490 g/mol. The lowest BCUT2D eigenvalue weighted by Gasteiger charge is -2.31. The first kappa shape index (κ1) is 23.7. The molecule has 5 rings (SSSR count). The van der Waals surface area contributed by atoms with E-state index in [1.54, 1.807) is 30.2 Å². The minimum absolute atomic E-state index is 0.220. The predicted octanol–water partition coefficient (Wildman–Crippen LogP) is 3.34. The third-order valence-corrected chi connectivity index (χ3v) is 6.71. The zero-order valence-corrected chi connectivity index (χ0v) is 20.0. The molecule has 1 amide bonds. The molecular formula is C27H27FN4O4. The van der Waals surface area contributed by atoms with Crippen LogP contribution >= 0.6 is 0 Å². The number of aromatic nitrogens is 3. The third kappa shape index (κ3) is 4.48. The fourth-order valence-electron chi connectivity index (χ4n) is 4.93. The van der Waals surface area contributed by atoms with Gasteiger partial charge in [0.05, 0.1) is 18.7 Å². The number of ether oxygens (including phenoxy) is 1. The van der Waals surface area contributed by atoms with Crippen LogP contribution in [0.2, 0.25) is 0 Å². The van der Waals surface area contributed by atoms with Crippen LogP contribution in [0.25, 0.3) is 21.8 Å². The number of esters is 1. The molecule has 186 valence electrons. The number of nitrogens with zero attached hydrogens (tertiary/aromatic N) is 4. The maximum absolute atomic E-state index is 13.6. The number of para-hydroxylation sites is 1. The lowest BCUT2D eigenvalue weighted by molar-refractivity contribution is -0.151. The predicted molar refractivity (Wildman–Crippen MR) is 133 cm³/mol. The summed E-state index contributed by atoms with van der Waals surface area (Å²) >= 11 is 0. The second-order valence-electron chi connectivity index (χ2n) is 9.03. The van der Waals surface area contributed by atoms with Gasteiger partial charge in [0.25, 0.3) is 5.56 Å². The van der Waals surface area contributed by atoms with E-state index < -0.39 is 0 Å². The topological polar surface area (TPSA) is 86.4 Å². The summed E-state index contributed by atoms with van der Waals surface area (Å²) in [5.74, 6) is -1.24. The molecule has 1 fully saturated rings. The van der Waals surface area contributed by atoms with Crippen LogP contribution in [0, 0.1) is 11.7 Å². The molecule has 0 spiro atoms. The van der Waals surface area contributed by atoms with E-state index in [1.165, 1.54) is 16.8 Å². The highest BCUT2D eigenvalue weighted by molar-refractivity contribution is 6.07. The van der Waals surface area contributed by atoms with E-state index in [0.29, 0.717) is 43.4 Å². The molecule has 36 heavy (non-hydrogen) atoms. The number of likely N-dealkylation sites (tertiary alicyclic amines) is 1. The fourth-order valence-corrected chi connectivity index (χ4v) is 4.93. The van der Waals surface area contributed by atoms with Crippen molar-refractivity contribution in [1.82, 2.24) is 19.2 Å². The van der Waals surface area contributed by atoms with Gasteiger partial charge in [0.2, 0.25) is 5.91 Å². The van der Waals surface area contributed by atoms with Crippen molar-refractivity contribution in [2.45, 2.75) is 32.9 Å². The summed E-state index contributed by atoms with van der Waals surface area (Å²) in [6, 6.07) is 13.8. The molecule has 3 heterocycles. The van der Waals surface area contributed by atoms with E-state index in [9.17, 15) is 18.8 Å². The first-order valence-corrected chi connectivity index (χ1v) is 12.1. The smallest absolute Gasteiger partial charge is 0.310 e. The number of piperidine rings is 1. The van der Waals surface area contributed by atoms with Crippen molar-refractivity contribution in [2.75, 3.05) is 19.7 Å². The number of benzene rings is 2. The Morgan fingerprint density at radius 3 is 2.67 bits per heavy atom. The lowest BCUT2D eigenvalue weighted by Crippen LogP contribution is -2.45. The average Bonchev–Trinajstić information content (AvgIpc) is 3.21. The van der Waals surface area contributed by atoms with Crippen LogP contribution in [-0.4, -0.2) is 50.8 Å². The number of halogens is 1. The van der Waals surface area contributed by atoms with Crippen molar-refractivity contribution in [1.29, 1.82) is 0 Å². The standard InChI is InChI=1S/C27H27FN4O4/c1-2-36-27(35)19-6-5-13-30(16-19)24(33)17-32-26(34)25-22(14-29-32)21-7-3-4-8-23(21)31(25)15-18-9-11-20(28)12-10-18/h3-4,7-12,14,19H,2,5-6,13,15-17H2,1H3/t19-/m0/s1. The maximum Gasteiger partial charge on any atom is 0.310 e. The van der Waals surface area contributed by atoms with Crippen LogP contribution in [-0.2, 0) is 27.4 Å². The molecule has 0 unspecified atom stereocenters. The van der Waals surface area contributed by atoms with Crippen molar-refractivity contribution >= 4 is 33.7 Å². The van der Waals surface area contributed by atoms with Crippen molar-refractivity contribution in [3.63, 3.8) is 0 Å². The number of carbonyl (C=O) groups is 2. The number of rotatable bonds is 6. The Balaban J connectivity index is 1.48. The van der Waals surface area contributed by atoms with Gasteiger partial charge in [0.1, 0.15) is 17.9 Å². The Labute approximate surface area is 206 Å². The molecule has 0 aliphatic carbocycles. The summed E-state index contributed by atoms with van der Waals surface area (Å²) in [5, 5.41) is 5.89. The second-order valence-corrected chi connectivity index (χ2v) is 9.03. The molecule has 0 bridgehead atoms. The quantitative estimate of drug-likeness (QED) is 0.387. The van der Waals surface area contributed by atoms with Crippen molar-refractivity contribution in [3.05, 3.63) is 76.5 Å². The lowest BCUT2D eigenvalue weighted by atomic mass is 9.98. The highest BCUT2D eigenvalue weighted by Gasteiger charge is 2.30. The van der Waals surface area contributed by atoms with E-state index in [2.05, 4.69) is 5.10 Å². The van der Waals surface area contributed by atoms with Crippen LogP contribution in [0.1, 0.15) is 25.3 Å². The Kier molecular flexibility index (Phi) is 6.54.